The molecule has 3 aromatic rings. The lowest BCUT2D eigenvalue weighted by Crippen LogP contribution is -2.04. The summed E-state index contributed by atoms with van der Waals surface area (Å²) in [5, 5.41) is 2.32. The number of benzene rings is 3. The molecule has 102 valence electrons. The zero-order valence-electron chi connectivity index (χ0n) is 11.7. The largest absolute Gasteiger partial charge is 0.462 e. The van der Waals surface area contributed by atoms with E-state index in [-0.39, 0.29) is 5.97 Å². The lowest BCUT2D eigenvalue weighted by atomic mass is 10.00. The molecule has 0 aromatic heterocycles. The highest BCUT2D eigenvalue weighted by molar-refractivity contribution is 6.16. The average molecular weight is 274 g/mol. The van der Waals surface area contributed by atoms with Gasteiger partial charge >= 0.3 is 5.97 Å². The third-order valence-corrected chi connectivity index (χ3v) is 4.00. The smallest absolute Gasteiger partial charge is 0.338 e. The summed E-state index contributed by atoms with van der Waals surface area (Å²) in [5.74, 6) is -0.259. The molecule has 0 spiro atoms. The third-order valence-electron chi connectivity index (χ3n) is 4.00. The molecular formula is C19H14O2. The topological polar surface area (TPSA) is 26.3 Å². The SMILES string of the molecule is CCOC(=O)c1cc2c3c(cccc3c1)-c1ccccc1-2. The van der Waals surface area contributed by atoms with Crippen LogP contribution in [0.4, 0.5) is 0 Å². The molecule has 0 saturated carbocycles. The lowest BCUT2D eigenvalue weighted by molar-refractivity contribution is 0.0526. The van der Waals surface area contributed by atoms with Gasteiger partial charge in [-0.1, -0.05) is 42.5 Å². The normalized spacial score (nSPS) is 11.5. The molecule has 1 aliphatic rings. The van der Waals surface area contributed by atoms with Crippen LogP contribution in [0.5, 0.6) is 0 Å². The summed E-state index contributed by atoms with van der Waals surface area (Å²) in [6, 6.07) is 18.4. The van der Waals surface area contributed by atoms with Crippen molar-refractivity contribution in [2.24, 2.45) is 0 Å². The van der Waals surface area contributed by atoms with Gasteiger partial charge in [-0.15, -0.1) is 0 Å². The molecule has 0 heterocycles. The van der Waals surface area contributed by atoms with Crippen molar-refractivity contribution in [3.8, 4) is 22.3 Å². The summed E-state index contributed by atoms with van der Waals surface area (Å²) in [4.78, 5) is 12.1. The number of fused-ring (bicyclic) bond motifs is 3. The molecule has 3 aromatic carbocycles. The highest BCUT2D eigenvalue weighted by Gasteiger charge is 2.22. The molecule has 0 unspecified atom stereocenters. The van der Waals surface area contributed by atoms with Gasteiger partial charge in [0.1, 0.15) is 0 Å². The van der Waals surface area contributed by atoms with Gasteiger partial charge < -0.3 is 4.74 Å². The van der Waals surface area contributed by atoms with Gasteiger partial charge in [-0.3, -0.25) is 0 Å². The first-order chi connectivity index (χ1) is 10.3. The molecule has 1 aliphatic carbocycles. The predicted octanol–water partition coefficient (Wildman–Crippen LogP) is 4.66. The van der Waals surface area contributed by atoms with Crippen LogP contribution in [-0.2, 0) is 4.74 Å². The minimum Gasteiger partial charge on any atom is -0.462 e. The standard InChI is InChI=1S/C19H14O2/c1-2-21-19(20)13-10-12-6-5-9-16-14-7-3-4-8-15(14)17(11-13)18(12)16/h3-11H,2H2,1H3. The first kappa shape index (κ1) is 12.2. The molecule has 4 rings (SSSR count). The Labute approximate surface area is 123 Å². The number of rotatable bonds is 2. The lowest BCUT2D eigenvalue weighted by Gasteiger charge is -2.07. The summed E-state index contributed by atoms with van der Waals surface area (Å²) in [5.41, 5.74) is 5.41. The van der Waals surface area contributed by atoms with E-state index in [1.807, 2.05) is 31.2 Å². The number of carbonyl (C=O) groups is 1. The Morgan fingerprint density at radius 3 is 2.38 bits per heavy atom. The molecule has 2 nitrogen and oxygen atoms in total. The van der Waals surface area contributed by atoms with Crippen LogP contribution >= 0.6 is 0 Å². The molecule has 2 heteroatoms. The van der Waals surface area contributed by atoms with Crippen LogP contribution < -0.4 is 0 Å². The van der Waals surface area contributed by atoms with Crippen molar-refractivity contribution in [3.05, 3.63) is 60.2 Å². The van der Waals surface area contributed by atoms with E-state index in [4.69, 9.17) is 4.74 Å². The van der Waals surface area contributed by atoms with Crippen LogP contribution in [0.2, 0.25) is 0 Å². The van der Waals surface area contributed by atoms with E-state index in [1.165, 1.54) is 22.1 Å². The Hall–Kier alpha value is -2.61. The van der Waals surface area contributed by atoms with Crippen molar-refractivity contribution in [1.29, 1.82) is 0 Å². The minimum atomic E-state index is -0.259. The first-order valence-corrected chi connectivity index (χ1v) is 7.13. The summed E-state index contributed by atoms with van der Waals surface area (Å²) >= 11 is 0. The van der Waals surface area contributed by atoms with E-state index in [9.17, 15) is 4.79 Å². The van der Waals surface area contributed by atoms with Crippen molar-refractivity contribution in [2.45, 2.75) is 6.92 Å². The maximum absolute atomic E-state index is 12.1. The van der Waals surface area contributed by atoms with Crippen molar-refractivity contribution in [2.75, 3.05) is 6.61 Å². The quantitative estimate of drug-likeness (QED) is 0.497. The number of ether oxygens (including phenoxy) is 1. The van der Waals surface area contributed by atoms with Crippen LogP contribution in [-0.4, -0.2) is 12.6 Å². The maximum atomic E-state index is 12.1. The van der Waals surface area contributed by atoms with Crippen LogP contribution in [0.3, 0.4) is 0 Å². The van der Waals surface area contributed by atoms with Crippen LogP contribution in [0.15, 0.2) is 54.6 Å². The molecule has 0 atom stereocenters. The van der Waals surface area contributed by atoms with E-state index >= 15 is 0 Å². The Balaban J connectivity index is 2.04. The zero-order valence-corrected chi connectivity index (χ0v) is 11.7. The first-order valence-electron chi connectivity index (χ1n) is 7.13. The minimum absolute atomic E-state index is 0.259. The Kier molecular flexibility index (Phi) is 2.58. The fraction of sp³-hybridized carbons (Fsp3) is 0.105. The number of hydrogen-bond acceptors (Lipinski definition) is 2. The maximum Gasteiger partial charge on any atom is 0.338 e. The third kappa shape index (κ3) is 1.69. The van der Waals surface area contributed by atoms with Crippen molar-refractivity contribution < 1.29 is 9.53 Å². The molecule has 0 amide bonds. The van der Waals surface area contributed by atoms with E-state index in [1.54, 1.807) is 0 Å². The fourth-order valence-electron chi connectivity index (χ4n) is 3.15. The summed E-state index contributed by atoms with van der Waals surface area (Å²) in [6.07, 6.45) is 0. The van der Waals surface area contributed by atoms with Crippen LogP contribution in [0, 0.1) is 0 Å². The Bertz CT molecular complexity index is 878. The van der Waals surface area contributed by atoms with Crippen molar-refractivity contribution >= 4 is 16.7 Å². The second-order valence-electron chi connectivity index (χ2n) is 5.19. The molecule has 0 aliphatic heterocycles. The molecule has 0 fully saturated rings. The van der Waals surface area contributed by atoms with Gasteiger partial charge in [-0.25, -0.2) is 4.79 Å². The highest BCUT2D eigenvalue weighted by atomic mass is 16.5. The number of hydrogen-bond donors (Lipinski definition) is 0. The van der Waals surface area contributed by atoms with E-state index in [0.29, 0.717) is 12.2 Å². The summed E-state index contributed by atoms with van der Waals surface area (Å²) < 4.78 is 5.14. The average Bonchev–Trinajstić information content (AvgIpc) is 2.84. The van der Waals surface area contributed by atoms with Crippen molar-refractivity contribution in [3.63, 3.8) is 0 Å². The van der Waals surface area contributed by atoms with Gasteiger partial charge in [-0.05, 0) is 52.1 Å². The fourth-order valence-corrected chi connectivity index (χ4v) is 3.15. The van der Waals surface area contributed by atoms with E-state index in [2.05, 4.69) is 30.3 Å². The predicted molar refractivity (Wildman–Crippen MR) is 84.3 cm³/mol. The monoisotopic (exact) mass is 274 g/mol. The van der Waals surface area contributed by atoms with Gasteiger partial charge in [0.15, 0.2) is 0 Å². The van der Waals surface area contributed by atoms with E-state index in [0.717, 1.165) is 10.9 Å². The number of esters is 1. The zero-order chi connectivity index (χ0) is 14.4. The van der Waals surface area contributed by atoms with Gasteiger partial charge in [0, 0.05) is 0 Å². The van der Waals surface area contributed by atoms with Gasteiger partial charge in [0.05, 0.1) is 12.2 Å². The molecule has 0 N–H and O–H groups in total. The van der Waals surface area contributed by atoms with Crippen LogP contribution in [0.1, 0.15) is 17.3 Å². The number of carbonyl (C=O) groups excluding carboxylic acids is 1. The second-order valence-corrected chi connectivity index (χ2v) is 5.19. The molecule has 21 heavy (non-hydrogen) atoms. The van der Waals surface area contributed by atoms with Gasteiger partial charge in [0.2, 0.25) is 0 Å². The second kappa shape index (κ2) is 4.45. The van der Waals surface area contributed by atoms with Gasteiger partial charge in [0.25, 0.3) is 0 Å². The molecule has 0 saturated heterocycles. The van der Waals surface area contributed by atoms with E-state index < -0.39 is 0 Å². The summed E-state index contributed by atoms with van der Waals surface area (Å²) in [7, 11) is 0. The highest BCUT2D eigenvalue weighted by Crippen LogP contribution is 2.47. The van der Waals surface area contributed by atoms with Crippen LogP contribution in [0.25, 0.3) is 33.0 Å². The van der Waals surface area contributed by atoms with Gasteiger partial charge in [-0.2, -0.15) is 0 Å². The Morgan fingerprint density at radius 2 is 1.62 bits per heavy atom. The van der Waals surface area contributed by atoms with Crippen molar-refractivity contribution in [1.82, 2.24) is 0 Å². The summed E-state index contributed by atoms with van der Waals surface area (Å²) in [6.45, 7) is 2.22. The molecule has 0 radical (unpaired) electrons. The molecular weight excluding hydrogens is 260 g/mol. The Morgan fingerprint density at radius 1 is 0.905 bits per heavy atom. The molecule has 0 bridgehead atoms.